The molecule has 0 saturated heterocycles. The summed E-state index contributed by atoms with van der Waals surface area (Å²) in [4.78, 5) is 0. The molecule has 168 valence electrons. The van der Waals surface area contributed by atoms with Gasteiger partial charge in [0, 0.05) is 25.3 Å². The van der Waals surface area contributed by atoms with Gasteiger partial charge in [-0.15, -0.1) is 0 Å². The van der Waals surface area contributed by atoms with E-state index in [0.717, 1.165) is 17.8 Å². The van der Waals surface area contributed by atoms with Gasteiger partial charge in [-0.3, -0.25) is 0 Å². The second kappa shape index (κ2) is 14.6. The minimum absolute atomic E-state index is 0.233. The molecule has 0 fully saturated rings. The highest BCUT2D eigenvalue weighted by Gasteiger charge is 2.33. The van der Waals surface area contributed by atoms with Crippen molar-refractivity contribution in [2.45, 2.75) is 47.3 Å². The third-order valence-corrected chi connectivity index (χ3v) is 4.21. The predicted octanol–water partition coefficient (Wildman–Crippen LogP) is 5.79. The number of benzene rings is 2. The number of nitrogens with one attached hydrogen (secondary N) is 2. The molecule has 2 aromatic carbocycles. The van der Waals surface area contributed by atoms with Crippen LogP contribution in [0.2, 0.25) is 0 Å². The zero-order valence-corrected chi connectivity index (χ0v) is 19.0. The maximum absolute atomic E-state index is 12.8. The van der Waals surface area contributed by atoms with Crippen LogP contribution in [0, 0.1) is 20.8 Å². The molecule has 0 aliphatic carbocycles. The number of hydrogen-bond donors (Lipinski definition) is 3. The van der Waals surface area contributed by atoms with E-state index < -0.39 is 11.7 Å². The van der Waals surface area contributed by atoms with Gasteiger partial charge in [0.15, 0.2) is 0 Å². The Morgan fingerprint density at radius 2 is 1.47 bits per heavy atom. The molecule has 0 heterocycles. The first-order chi connectivity index (χ1) is 14.1. The lowest BCUT2D eigenvalue weighted by molar-refractivity contribution is -0.138. The molecule has 4 N–H and O–H groups in total. The van der Waals surface area contributed by atoms with Gasteiger partial charge >= 0.3 is 6.18 Å². The van der Waals surface area contributed by atoms with E-state index in [1.54, 1.807) is 20.0 Å². The predicted molar refractivity (Wildman–Crippen MR) is 123 cm³/mol. The smallest absolute Gasteiger partial charge is 0.399 e. The van der Waals surface area contributed by atoms with Crippen LogP contribution >= 0.6 is 0 Å². The number of rotatable bonds is 5. The van der Waals surface area contributed by atoms with Gasteiger partial charge < -0.3 is 16.4 Å². The Bertz CT molecular complexity index is 765. The van der Waals surface area contributed by atoms with Gasteiger partial charge in [-0.1, -0.05) is 42.0 Å². The van der Waals surface area contributed by atoms with E-state index in [4.69, 9.17) is 5.73 Å². The Morgan fingerprint density at radius 1 is 0.900 bits per heavy atom. The first kappa shape index (κ1) is 27.7. The molecule has 30 heavy (non-hydrogen) atoms. The van der Waals surface area contributed by atoms with Crippen molar-refractivity contribution in [1.82, 2.24) is 10.6 Å². The van der Waals surface area contributed by atoms with E-state index in [1.165, 1.54) is 17.7 Å². The molecule has 0 radical (unpaired) electrons. The number of alkyl halides is 3. The van der Waals surface area contributed by atoms with Crippen LogP contribution < -0.4 is 16.4 Å². The van der Waals surface area contributed by atoms with E-state index >= 15 is 0 Å². The second-order valence-electron chi connectivity index (χ2n) is 6.97. The summed E-state index contributed by atoms with van der Waals surface area (Å²) in [6.07, 6.45) is -0.286. The molecule has 0 aliphatic rings. The van der Waals surface area contributed by atoms with Crippen LogP contribution in [-0.2, 0) is 12.7 Å². The Morgan fingerprint density at radius 3 is 1.93 bits per heavy atom. The SMILES string of the molecule is C/C=C\C.CNCCNCc1ccc(C)cc1C(F)(F)F.Cc1ccc(C)c(N)c1. The first-order valence-corrected chi connectivity index (χ1v) is 9.98. The molecule has 0 atom stereocenters. The molecular formula is C24H36F3N3. The maximum atomic E-state index is 12.8. The number of aryl methyl sites for hydroxylation is 3. The fraction of sp³-hybridized carbons (Fsp3) is 0.417. The minimum Gasteiger partial charge on any atom is -0.399 e. The molecule has 0 unspecified atom stereocenters. The van der Waals surface area contributed by atoms with E-state index in [1.807, 2.05) is 52.0 Å². The van der Waals surface area contributed by atoms with Crippen molar-refractivity contribution in [2.75, 3.05) is 25.9 Å². The van der Waals surface area contributed by atoms with Crippen molar-refractivity contribution in [3.63, 3.8) is 0 Å². The van der Waals surface area contributed by atoms with E-state index in [2.05, 4.69) is 16.7 Å². The van der Waals surface area contributed by atoms with Crippen LogP contribution in [-0.4, -0.2) is 20.1 Å². The molecule has 0 amide bonds. The van der Waals surface area contributed by atoms with Crippen molar-refractivity contribution >= 4 is 5.69 Å². The number of nitrogen functional groups attached to an aromatic ring is 1. The summed E-state index contributed by atoms with van der Waals surface area (Å²) in [5, 5.41) is 5.90. The number of anilines is 1. The van der Waals surface area contributed by atoms with Crippen LogP contribution in [0.4, 0.5) is 18.9 Å². The van der Waals surface area contributed by atoms with Crippen LogP contribution in [0.15, 0.2) is 48.6 Å². The maximum Gasteiger partial charge on any atom is 0.416 e. The van der Waals surface area contributed by atoms with Crippen LogP contribution in [0.1, 0.15) is 41.7 Å². The third-order valence-electron chi connectivity index (χ3n) is 4.21. The van der Waals surface area contributed by atoms with Gasteiger partial charge in [0.05, 0.1) is 5.56 Å². The van der Waals surface area contributed by atoms with E-state index in [-0.39, 0.29) is 6.54 Å². The van der Waals surface area contributed by atoms with Crippen molar-refractivity contribution in [3.8, 4) is 0 Å². The quantitative estimate of drug-likeness (QED) is 0.324. The Hall–Kier alpha value is -2.31. The molecular weight excluding hydrogens is 387 g/mol. The third kappa shape index (κ3) is 11.6. The van der Waals surface area contributed by atoms with Crippen molar-refractivity contribution in [2.24, 2.45) is 0 Å². The monoisotopic (exact) mass is 423 g/mol. The van der Waals surface area contributed by atoms with Gasteiger partial charge in [0.2, 0.25) is 0 Å². The van der Waals surface area contributed by atoms with Crippen molar-refractivity contribution < 1.29 is 13.2 Å². The lowest BCUT2D eigenvalue weighted by Gasteiger charge is -2.14. The minimum atomic E-state index is -4.29. The molecule has 3 nitrogen and oxygen atoms in total. The average Bonchev–Trinajstić information content (AvgIpc) is 2.69. The molecule has 2 rings (SSSR count). The summed E-state index contributed by atoms with van der Waals surface area (Å²) < 4.78 is 38.3. The molecule has 0 aromatic heterocycles. The fourth-order valence-electron chi connectivity index (χ4n) is 2.30. The summed E-state index contributed by atoms with van der Waals surface area (Å²) in [6.45, 7) is 11.3. The Kier molecular flexibility index (Phi) is 13.5. The summed E-state index contributed by atoms with van der Waals surface area (Å²) in [7, 11) is 1.80. The summed E-state index contributed by atoms with van der Waals surface area (Å²) in [6, 6.07) is 10.5. The van der Waals surface area contributed by atoms with E-state index in [0.29, 0.717) is 17.7 Å². The summed E-state index contributed by atoms with van der Waals surface area (Å²) in [5.41, 5.74) is 9.24. The second-order valence-corrected chi connectivity index (χ2v) is 6.97. The largest absolute Gasteiger partial charge is 0.416 e. The van der Waals surface area contributed by atoms with Crippen molar-refractivity contribution in [3.05, 3.63) is 76.4 Å². The lowest BCUT2D eigenvalue weighted by atomic mass is 10.0. The van der Waals surface area contributed by atoms with Crippen molar-refractivity contribution in [1.29, 1.82) is 0 Å². The number of nitrogens with two attached hydrogens (primary N) is 1. The zero-order valence-electron chi connectivity index (χ0n) is 19.0. The first-order valence-electron chi connectivity index (χ1n) is 9.98. The van der Waals surface area contributed by atoms with Gasteiger partial charge in [0.1, 0.15) is 0 Å². The molecule has 0 bridgehead atoms. The normalized spacial score (nSPS) is 10.8. The number of hydrogen-bond acceptors (Lipinski definition) is 3. The molecule has 0 spiro atoms. The topological polar surface area (TPSA) is 50.1 Å². The highest BCUT2D eigenvalue weighted by molar-refractivity contribution is 5.47. The molecule has 6 heteroatoms. The van der Waals surface area contributed by atoms with Gasteiger partial charge in [-0.2, -0.15) is 13.2 Å². The van der Waals surface area contributed by atoms with Crippen LogP contribution in [0.5, 0.6) is 0 Å². The summed E-state index contributed by atoms with van der Waals surface area (Å²) in [5.74, 6) is 0. The van der Waals surface area contributed by atoms with Crippen LogP contribution in [0.3, 0.4) is 0 Å². The van der Waals surface area contributed by atoms with Gasteiger partial charge in [-0.05, 0) is 70.5 Å². The van der Waals surface area contributed by atoms with E-state index in [9.17, 15) is 13.2 Å². The lowest BCUT2D eigenvalue weighted by Crippen LogP contribution is -2.25. The Balaban J connectivity index is 0.000000537. The van der Waals surface area contributed by atoms with Gasteiger partial charge in [0.25, 0.3) is 0 Å². The van der Waals surface area contributed by atoms with Gasteiger partial charge in [-0.25, -0.2) is 0 Å². The summed E-state index contributed by atoms with van der Waals surface area (Å²) >= 11 is 0. The standard InChI is InChI=1S/C12H17F3N2.C8H11N.C4H8/c1-9-3-4-10(8-17-6-5-16-2)11(7-9)12(13,14)15;1-6-3-4-7(2)8(9)5-6;1-3-4-2/h3-4,7,16-17H,5-6,8H2,1-2H3;3-5H,9H2,1-2H3;3-4H,1-2H3/b;;4-3-. The molecule has 0 saturated carbocycles. The van der Waals surface area contributed by atoms with Crippen LogP contribution in [0.25, 0.3) is 0 Å². The highest BCUT2D eigenvalue weighted by atomic mass is 19.4. The number of halogens is 3. The number of allylic oxidation sites excluding steroid dienone is 2. The molecule has 2 aromatic rings. The number of likely N-dealkylation sites (N-methyl/N-ethyl adjacent to an activating group) is 1. The Labute approximate surface area is 179 Å². The zero-order chi connectivity index (χ0) is 23.2. The molecule has 0 aliphatic heterocycles. The average molecular weight is 424 g/mol. The fourth-order valence-corrected chi connectivity index (χ4v) is 2.30. The highest BCUT2D eigenvalue weighted by Crippen LogP contribution is 2.32.